The van der Waals surface area contributed by atoms with Crippen LogP contribution in [-0.4, -0.2) is 40.4 Å². The lowest BCUT2D eigenvalue weighted by Gasteiger charge is -2.31. The van der Waals surface area contributed by atoms with Gasteiger partial charge in [-0.2, -0.15) is 0 Å². The van der Waals surface area contributed by atoms with Crippen molar-refractivity contribution in [3.8, 4) is 0 Å². The fourth-order valence-corrected chi connectivity index (χ4v) is 3.73. The van der Waals surface area contributed by atoms with E-state index in [9.17, 15) is 4.79 Å². The number of carbonyl (C=O) groups is 1. The number of anilines is 1. The Morgan fingerprint density at radius 1 is 1.08 bits per heavy atom. The van der Waals surface area contributed by atoms with Gasteiger partial charge in [-0.25, -0.2) is 9.97 Å². The van der Waals surface area contributed by atoms with Crippen LogP contribution in [0.1, 0.15) is 35.5 Å². The van der Waals surface area contributed by atoms with Crippen molar-refractivity contribution >= 4 is 17.8 Å². The zero-order valence-corrected chi connectivity index (χ0v) is 15.2. The van der Waals surface area contributed by atoms with E-state index in [2.05, 4.69) is 9.88 Å². The van der Waals surface area contributed by atoms with Gasteiger partial charge in [-0.15, -0.1) is 0 Å². The predicted molar refractivity (Wildman–Crippen MR) is 103 cm³/mol. The smallest absolute Gasteiger partial charge is 0.246 e. The summed E-state index contributed by atoms with van der Waals surface area (Å²) in [5.74, 6) is 1.91. The van der Waals surface area contributed by atoms with Crippen LogP contribution < -0.4 is 4.90 Å². The number of benzene rings is 1. The van der Waals surface area contributed by atoms with E-state index in [0.717, 1.165) is 48.0 Å². The average Bonchev–Trinajstić information content (AvgIpc) is 3.20. The molecule has 134 valence electrons. The van der Waals surface area contributed by atoms with Crippen LogP contribution in [0.15, 0.2) is 36.4 Å². The van der Waals surface area contributed by atoms with Crippen molar-refractivity contribution in [3.05, 3.63) is 59.1 Å². The predicted octanol–water partition coefficient (Wildman–Crippen LogP) is 2.98. The van der Waals surface area contributed by atoms with Gasteiger partial charge in [0.25, 0.3) is 0 Å². The molecule has 0 aliphatic carbocycles. The molecule has 2 aromatic rings. The summed E-state index contributed by atoms with van der Waals surface area (Å²) in [7, 11) is 0. The lowest BCUT2D eigenvalue weighted by Crippen LogP contribution is -2.37. The topological polar surface area (TPSA) is 49.3 Å². The van der Waals surface area contributed by atoms with Gasteiger partial charge < -0.3 is 9.80 Å². The van der Waals surface area contributed by atoms with E-state index >= 15 is 0 Å². The molecule has 1 saturated heterocycles. The summed E-state index contributed by atoms with van der Waals surface area (Å²) in [5.41, 5.74) is 3.27. The summed E-state index contributed by atoms with van der Waals surface area (Å²) >= 11 is 0. The van der Waals surface area contributed by atoms with Crippen molar-refractivity contribution in [1.82, 2.24) is 14.9 Å². The summed E-state index contributed by atoms with van der Waals surface area (Å²) in [6, 6.07) is 9.92. The molecular formula is C21H24N4O. The van der Waals surface area contributed by atoms with Gasteiger partial charge in [0.2, 0.25) is 5.91 Å². The van der Waals surface area contributed by atoms with Gasteiger partial charge in [0.1, 0.15) is 11.6 Å². The van der Waals surface area contributed by atoms with Gasteiger partial charge >= 0.3 is 0 Å². The van der Waals surface area contributed by atoms with Crippen molar-refractivity contribution in [2.24, 2.45) is 0 Å². The lowest BCUT2D eigenvalue weighted by atomic mass is 10.1. The first kappa shape index (κ1) is 16.8. The third-order valence-electron chi connectivity index (χ3n) is 5.09. The van der Waals surface area contributed by atoms with E-state index in [1.165, 1.54) is 12.8 Å². The summed E-state index contributed by atoms with van der Waals surface area (Å²) in [5, 5.41) is 0. The fraction of sp³-hybridized carbons (Fsp3) is 0.381. The highest BCUT2D eigenvalue weighted by molar-refractivity contribution is 5.92. The number of carbonyl (C=O) groups excluding carboxylic acids is 1. The summed E-state index contributed by atoms with van der Waals surface area (Å²) in [6.07, 6.45) is 6.76. The number of aromatic nitrogens is 2. The van der Waals surface area contributed by atoms with Crippen molar-refractivity contribution in [2.75, 3.05) is 24.5 Å². The standard InChI is InChI=1S/C21H24N4O/c1-16-22-19-11-14-25(20(26)10-9-17-7-3-2-4-8-17)15-18(19)21(23-16)24-12-5-6-13-24/h2-4,7-10H,5-6,11-15H2,1H3. The molecule has 3 heterocycles. The number of nitrogens with zero attached hydrogens (tertiary/aromatic N) is 4. The van der Waals surface area contributed by atoms with E-state index in [1.807, 2.05) is 48.2 Å². The Balaban J connectivity index is 1.55. The van der Waals surface area contributed by atoms with Crippen LogP contribution in [-0.2, 0) is 17.8 Å². The maximum absolute atomic E-state index is 12.7. The van der Waals surface area contributed by atoms with Gasteiger partial charge in [-0.05, 0) is 31.4 Å². The van der Waals surface area contributed by atoms with Gasteiger partial charge in [-0.3, -0.25) is 4.79 Å². The van der Waals surface area contributed by atoms with E-state index in [0.29, 0.717) is 13.1 Å². The second kappa shape index (κ2) is 7.28. The lowest BCUT2D eigenvalue weighted by molar-refractivity contribution is -0.126. The minimum Gasteiger partial charge on any atom is -0.356 e. The SMILES string of the molecule is Cc1nc2c(c(N3CCCC3)n1)CN(C(=O)C=Cc1ccccc1)CC2. The Morgan fingerprint density at radius 3 is 2.62 bits per heavy atom. The monoisotopic (exact) mass is 348 g/mol. The minimum absolute atomic E-state index is 0.0486. The first-order valence-electron chi connectivity index (χ1n) is 9.34. The van der Waals surface area contributed by atoms with Crippen molar-refractivity contribution in [1.29, 1.82) is 0 Å². The number of amides is 1. The molecule has 1 amide bonds. The molecule has 0 bridgehead atoms. The molecule has 0 atom stereocenters. The maximum atomic E-state index is 12.7. The van der Waals surface area contributed by atoms with Gasteiger partial charge in [0.15, 0.2) is 0 Å². The van der Waals surface area contributed by atoms with Crippen LogP contribution >= 0.6 is 0 Å². The number of hydrogen-bond acceptors (Lipinski definition) is 4. The number of hydrogen-bond donors (Lipinski definition) is 0. The van der Waals surface area contributed by atoms with Gasteiger partial charge in [0.05, 0.1) is 12.2 Å². The van der Waals surface area contributed by atoms with Crippen LogP contribution in [0.4, 0.5) is 5.82 Å². The zero-order chi connectivity index (χ0) is 17.9. The number of rotatable bonds is 3. The molecule has 1 aromatic heterocycles. The Labute approximate surface area is 154 Å². The van der Waals surface area contributed by atoms with E-state index in [1.54, 1.807) is 6.08 Å². The Kier molecular flexibility index (Phi) is 4.69. The number of fused-ring (bicyclic) bond motifs is 1. The van der Waals surface area contributed by atoms with Crippen LogP contribution in [0, 0.1) is 6.92 Å². The first-order valence-corrected chi connectivity index (χ1v) is 9.34. The quantitative estimate of drug-likeness (QED) is 0.800. The largest absolute Gasteiger partial charge is 0.356 e. The second-order valence-electron chi connectivity index (χ2n) is 6.97. The molecule has 0 spiro atoms. The normalized spacial score (nSPS) is 17.0. The van der Waals surface area contributed by atoms with E-state index < -0.39 is 0 Å². The molecule has 5 heteroatoms. The summed E-state index contributed by atoms with van der Waals surface area (Å²) in [6.45, 7) is 5.36. The van der Waals surface area contributed by atoms with Gasteiger partial charge in [0, 0.05) is 37.7 Å². The molecule has 0 N–H and O–H groups in total. The summed E-state index contributed by atoms with van der Waals surface area (Å²) in [4.78, 5) is 26.3. The number of aryl methyl sites for hydroxylation is 1. The molecule has 2 aliphatic rings. The van der Waals surface area contributed by atoms with Crippen LogP contribution in [0.3, 0.4) is 0 Å². The van der Waals surface area contributed by atoms with E-state index in [4.69, 9.17) is 4.98 Å². The molecule has 1 aromatic carbocycles. The maximum Gasteiger partial charge on any atom is 0.246 e. The molecule has 0 radical (unpaired) electrons. The average molecular weight is 348 g/mol. The fourth-order valence-electron chi connectivity index (χ4n) is 3.73. The zero-order valence-electron chi connectivity index (χ0n) is 15.2. The summed E-state index contributed by atoms with van der Waals surface area (Å²) < 4.78 is 0. The van der Waals surface area contributed by atoms with Crippen molar-refractivity contribution < 1.29 is 4.79 Å². The van der Waals surface area contributed by atoms with E-state index in [-0.39, 0.29) is 5.91 Å². The van der Waals surface area contributed by atoms with Gasteiger partial charge in [-0.1, -0.05) is 30.3 Å². The molecule has 5 nitrogen and oxygen atoms in total. The molecule has 1 fully saturated rings. The Morgan fingerprint density at radius 2 is 1.85 bits per heavy atom. The van der Waals surface area contributed by atoms with Crippen molar-refractivity contribution in [2.45, 2.75) is 32.7 Å². The van der Waals surface area contributed by atoms with Crippen LogP contribution in [0.2, 0.25) is 0 Å². The second-order valence-corrected chi connectivity index (χ2v) is 6.97. The minimum atomic E-state index is 0.0486. The third kappa shape index (κ3) is 3.47. The highest BCUT2D eigenvalue weighted by Crippen LogP contribution is 2.29. The first-order chi connectivity index (χ1) is 12.7. The van der Waals surface area contributed by atoms with Crippen molar-refractivity contribution in [3.63, 3.8) is 0 Å². The third-order valence-corrected chi connectivity index (χ3v) is 5.09. The van der Waals surface area contributed by atoms with Crippen LogP contribution in [0.5, 0.6) is 0 Å². The Hall–Kier alpha value is -2.69. The molecule has 2 aliphatic heterocycles. The molecular weight excluding hydrogens is 324 g/mol. The highest BCUT2D eigenvalue weighted by atomic mass is 16.2. The van der Waals surface area contributed by atoms with Crippen LogP contribution in [0.25, 0.3) is 6.08 Å². The molecule has 0 unspecified atom stereocenters. The molecule has 0 saturated carbocycles. The highest BCUT2D eigenvalue weighted by Gasteiger charge is 2.27. The molecule has 4 rings (SSSR count). The molecule has 26 heavy (non-hydrogen) atoms. The Bertz CT molecular complexity index is 825.